The molecule has 1 aliphatic heterocycles. The van der Waals surface area contributed by atoms with E-state index >= 15 is 0 Å². The number of hydrogen-bond donors (Lipinski definition) is 0. The van der Waals surface area contributed by atoms with Gasteiger partial charge in [0.1, 0.15) is 5.75 Å². The number of esters is 1. The predicted molar refractivity (Wildman–Crippen MR) is 79.9 cm³/mol. The topological polar surface area (TPSA) is 35.5 Å². The molecule has 0 saturated heterocycles. The Morgan fingerprint density at radius 1 is 1.45 bits per heavy atom. The van der Waals surface area contributed by atoms with E-state index in [0.717, 1.165) is 29.9 Å². The van der Waals surface area contributed by atoms with Crippen LogP contribution in [-0.4, -0.2) is 19.2 Å². The van der Waals surface area contributed by atoms with Crippen LogP contribution in [0, 0.1) is 0 Å². The van der Waals surface area contributed by atoms with E-state index in [1.165, 1.54) is 5.56 Å². The lowest BCUT2D eigenvalue weighted by molar-refractivity contribution is -0.137. The smallest absolute Gasteiger partial charge is 0.331 e. The molecule has 0 atom stereocenters. The van der Waals surface area contributed by atoms with Crippen LogP contribution in [0.4, 0.5) is 0 Å². The van der Waals surface area contributed by atoms with Crippen LogP contribution in [0.25, 0.3) is 5.57 Å². The standard InChI is InChI=1S/C17H22O3/c1-5-19-16(18)10-12(2)13-6-7-15-14(11-13)17(3,4)8-9-20-15/h6-7,10-11H,5,8-9H2,1-4H3/b12-10+. The normalized spacial score (nSPS) is 17.1. The fourth-order valence-corrected chi connectivity index (χ4v) is 2.42. The molecule has 1 aromatic rings. The lowest BCUT2D eigenvalue weighted by atomic mass is 9.79. The fraction of sp³-hybridized carbons (Fsp3) is 0.471. The van der Waals surface area contributed by atoms with Crippen molar-refractivity contribution in [3.05, 3.63) is 35.4 Å². The van der Waals surface area contributed by atoms with Gasteiger partial charge in [-0.05, 0) is 49.0 Å². The second-order valence-electron chi connectivity index (χ2n) is 5.77. The number of ether oxygens (including phenoxy) is 2. The first-order valence-corrected chi connectivity index (χ1v) is 7.07. The largest absolute Gasteiger partial charge is 0.493 e. The third-order valence-electron chi connectivity index (χ3n) is 3.77. The number of carbonyl (C=O) groups excluding carboxylic acids is 1. The van der Waals surface area contributed by atoms with Gasteiger partial charge in [0.05, 0.1) is 13.2 Å². The van der Waals surface area contributed by atoms with E-state index in [9.17, 15) is 4.79 Å². The molecule has 2 rings (SSSR count). The molecule has 1 aliphatic rings. The van der Waals surface area contributed by atoms with Crippen molar-refractivity contribution < 1.29 is 14.3 Å². The van der Waals surface area contributed by atoms with Gasteiger partial charge >= 0.3 is 5.97 Å². The molecule has 0 radical (unpaired) electrons. The Morgan fingerprint density at radius 2 is 2.20 bits per heavy atom. The number of carbonyl (C=O) groups is 1. The summed E-state index contributed by atoms with van der Waals surface area (Å²) in [5.74, 6) is 0.659. The number of allylic oxidation sites excluding steroid dienone is 1. The average Bonchev–Trinajstić information content (AvgIpc) is 2.38. The zero-order valence-electron chi connectivity index (χ0n) is 12.7. The van der Waals surface area contributed by atoms with Crippen LogP contribution in [0.1, 0.15) is 45.2 Å². The van der Waals surface area contributed by atoms with Gasteiger partial charge in [-0.2, -0.15) is 0 Å². The SMILES string of the molecule is CCOC(=O)/C=C(\C)c1ccc2c(c1)C(C)(C)CCO2. The number of hydrogen-bond acceptors (Lipinski definition) is 3. The Morgan fingerprint density at radius 3 is 2.90 bits per heavy atom. The molecule has 0 unspecified atom stereocenters. The Hall–Kier alpha value is -1.77. The highest BCUT2D eigenvalue weighted by molar-refractivity contribution is 5.91. The molecule has 0 saturated carbocycles. The minimum Gasteiger partial charge on any atom is -0.493 e. The first kappa shape index (κ1) is 14.6. The maximum atomic E-state index is 11.5. The maximum absolute atomic E-state index is 11.5. The molecule has 3 heteroatoms. The lowest BCUT2D eigenvalue weighted by Crippen LogP contribution is -2.26. The minimum absolute atomic E-state index is 0.105. The maximum Gasteiger partial charge on any atom is 0.331 e. The number of fused-ring (bicyclic) bond motifs is 1. The molecular formula is C17H22O3. The van der Waals surface area contributed by atoms with Crippen molar-refractivity contribution in [2.75, 3.05) is 13.2 Å². The van der Waals surface area contributed by atoms with Crippen LogP contribution in [0.5, 0.6) is 5.75 Å². The molecule has 0 N–H and O–H groups in total. The summed E-state index contributed by atoms with van der Waals surface area (Å²) >= 11 is 0. The van der Waals surface area contributed by atoms with E-state index in [2.05, 4.69) is 19.9 Å². The van der Waals surface area contributed by atoms with Gasteiger partial charge in [0, 0.05) is 11.6 Å². The lowest BCUT2D eigenvalue weighted by Gasteiger charge is -2.32. The van der Waals surface area contributed by atoms with E-state index < -0.39 is 0 Å². The van der Waals surface area contributed by atoms with Crippen molar-refractivity contribution in [3.8, 4) is 5.75 Å². The molecule has 0 aromatic heterocycles. The van der Waals surface area contributed by atoms with Crippen LogP contribution in [0.3, 0.4) is 0 Å². The summed E-state index contributed by atoms with van der Waals surface area (Å²) in [7, 11) is 0. The number of rotatable bonds is 3. The highest BCUT2D eigenvalue weighted by Gasteiger charge is 2.28. The van der Waals surface area contributed by atoms with Gasteiger partial charge in [-0.15, -0.1) is 0 Å². The van der Waals surface area contributed by atoms with E-state index in [1.807, 2.05) is 19.1 Å². The fourth-order valence-electron chi connectivity index (χ4n) is 2.42. The Labute approximate surface area is 120 Å². The molecule has 1 heterocycles. The summed E-state index contributed by atoms with van der Waals surface area (Å²) in [5, 5.41) is 0. The highest BCUT2D eigenvalue weighted by atomic mass is 16.5. The van der Waals surface area contributed by atoms with Crippen LogP contribution in [0.15, 0.2) is 24.3 Å². The molecule has 0 aliphatic carbocycles. The Bertz CT molecular complexity index is 541. The van der Waals surface area contributed by atoms with Crippen molar-refractivity contribution >= 4 is 11.5 Å². The third kappa shape index (κ3) is 3.03. The molecule has 3 nitrogen and oxygen atoms in total. The first-order valence-electron chi connectivity index (χ1n) is 7.07. The quantitative estimate of drug-likeness (QED) is 0.622. The summed E-state index contributed by atoms with van der Waals surface area (Å²) in [6.07, 6.45) is 2.55. The van der Waals surface area contributed by atoms with E-state index in [0.29, 0.717) is 6.61 Å². The van der Waals surface area contributed by atoms with Gasteiger partial charge in [-0.1, -0.05) is 19.9 Å². The van der Waals surface area contributed by atoms with Crippen molar-refractivity contribution in [3.63, 3.8) is 0 Å². The van der Waals surface area contributed by atoms with Crippen molar-refractivity contribution in [1.29, 1.82) is 0 Å². The molecule has 0 amide bonds. The zero-order chi connectivity index (χ0) is 14.8. The molecular weight excluding hydrogens is 252 g/mol. The van der Waals surface area contributed by atoms with Crippen LogP contribution < -0.4 is 4.74 Å². The Balaban J connectivity index is 2.33. The van der Waals surface area contributed by atoms with E-state index in [1.54, 1.807) is 13.0 Å². The molecule has 1 aromatic carbocycles. The second kappa shape index (κ2) is 5.70. The van der Waals surface area contributed by atoms with Gasteiger partial charge in [-0.3, -0.25) is 0 Å². The monoisotopic (exact) mass is 274 g/mol. The van der Waals surface area contributed by atoms with Gasteiger partial charge in [-0.25, -0.2) is 4.79 Å². The van der Waals surface area contributed by atoms with Gasteiger partial charge < -0.3 is 9.47 Å². The average molecular weight is 274 g/mol. The minimum atomic E-state index is -0.293. The molecule has 20 heavy (non-hydrogen) atoms. The first-order chi connectivity index (χ1) is 9.44. The van der Waals surface area contributed by atoms with Gasteiger partial charge in [0.25, 0.3) is 0 Å². The summed E-state index contributed by atoms with van der Waals surface area (Å²) in [5.41, 5.74) is 3.26. The van der Waals surface area contributed by atoms with Crippen LogP contribution in [0.2, 0.25) is 0 Å². The predicted octanol–water partition coefficient (Wildman–Crippen LogP) is 3.71. The molecule has 108 valence electrons. The molecule has 0 fully saturated rings. The number of benzene rings is 1. The summed E-state index contributed by atoms with van der Waals surface area (Å²) in [4.78, 5) is 11.5. The van der Waals surface area contributed by atoms with Crippen molar-refractivity contribution in [1.82, 2.24) is 0 Å². The van der Waals surface area contributed by atoms with Crippen molar-refractivity contribution in [2.24, 2.45) is 0 Å². The van der Waals surface area contributed by atoms with Gasteiger partial charge in [0.2, 0.25) is 0 Å². The van der Waals surface area contributed by atoms with Crippen LogP contribution in [-0.2, 0) is 14.9 Å². The molecule has 0 spiro atoms. The van der Waals surface area contributed by atoms with E-state index in [4.69, 9.17) is 9.47 Å². The second-order valence-corrected chi connectivity index (χ2v) is 5.77. The van der Waals surface area contributed by atoms with Gasteiger partial charge in [0.15, 0.2) is 0 Å². The van der Waals surface area contributed by atoms with Crippen molar-refractivity contribution in [2.45, 2.75) is 39.5 Å². The third-order valence-corrected chi connectivity index (χ3v) is 3.77. The van der Waals surface area contributed by atoms with E-state index in [-0.39, 0.29) is 11.4 Å². The zero-order valence-corrected chi connectivity index (χ0v) is 12.7. The Kier molecular flexibility index (Phi) is 4.17. The van der Waals surface area contributed by atoms with Crippen LogP contribution >= 0.6 is 0 Å². The highest BCUT2D eigenvalue weighted by Crippen LogP contribution is 2.39. The summed E-state index contributed by atoms with van der Waals surface area (Å²) in [6.45, 7) is 9.34. The molecule has 0 bridgehead atoms. The summed E-state index contributed by atoms with van der Waals surface area (Å²) < 4.78 is 10.6. The summed E-state index contributed by atoms with van der Waals surface area (Å²) in [6, 6.07) is 6.11.